The molecule has 1 fully saturated rings. The highest BCUT2D eigenvalue weighted by Crippen LogP contribution is 2.35. The monoisotopic (exact) mass is 380 g/mol. The molecule has 2 aliphatic heterocycles. The number of cyclic esters (lactones) is 1. The summed E-state index contributed by atoms with van der Waals surface area (Å²) < 4.78 is 17.2. The van der Waals surface area contributed by atoms with Crippen molar-refractivity contribution >= 4 is 21.9 Å². The summed E-state index contributed by atoms with van der Waals surface area (Å²) in [6.07, 6.45) is 4.38. The third-order valence-electron chi connectivity index (χ3n) is 4.10. The average molecular weight is 381 g/mol. The minimum Gasteiger partial charge on any atom is -0.452 e. The SMILES string of the molecule is C=CC1CC(Br)C[C@H](Cc2cccc3c2C(=O)OC(C)(C)O3)O1. The Balaban J connectivity index is 1.84. The number of ether oxygens (including phenoxy) is 3. The van der Waals surface area contributed by atoms with Gasteiger partial charge in [-0.05, 0) is 30.9 Å². The van der Waals surface area contributed by atoms with Gasteiger partial charge in [0.05, 0.1) is 12.2 Å². The zero-order chi connectivity index (χ0) is 16.6. The molecule has 3 atom stereocenters. The Labute approximate surface area is 144 Å². The molecule has 2 aliphatic rings. The van der Waals surface area contributed by atoms with Crippen LogP contribution in [0.4, 0.5) is 0 Å². The lowest BCUT2D eigenvalue weighted by Gasteiger charge is -2.34. The Morgan fingerprint density at radius 2 is 2.13 bits per heavy atom. The Kier molecular flexibility index (Phi) is 4.52. The van der Waals surface area contributed by atoms with Gasteiger partial charge in [0.15, 0.2) is 0 Å². The van der Waals surface area contributed by atoms with E-state index in [1.165, 1.54) is 0 Å². The first-order valence-electron chi connectivity index (χ1n) is 7.84. The molecule has 0 aromatic heterocycles. The van der Waals surface area contributed by atoms with Crippen molar-refractivity contribution in [2.24, 2.45) is 0 Å². The van der Waals surface area contributed by atoms with Crippen molar-refractivity contribution in [1.82, 2.24) is 0 Å². The van der Waals surface area contributed by atoms with E-state index >= 15 is 0 Å². The summed E-state index contributed by atoms with van der Waals surface area (Å²) in [5.41, 5.74) is 1.42. The first-order valence-corrected chi connectivity index (χ1v) is 8.76. The molecule has 0 aliphatic carbocycles. The third-order valence-corrected chi connectivity index (χ3v) is 4.84. The number of esters is 1. The maximum Gasteiger partial charge on any atom is 0.345 e. The van der Waals surface area contributed by atoms with E-state index in [2.05, 4.69) is 22.5 Å². The molecule has 23 heavy (non-hydrogen) atoms. The van der Waals surface area contributed by atoms with Gasteiger partial charge in [-0.25, -0.2) is 4.79 Å². The molecule has 0 N–H and O–H groups in total. The zero-order valence-electron chi connectivity index (χ0n) is 13.4. The molecular formula is C18H21BrO4. The quantitative estimate of drug-likeness (QED) is 0.451. The van der Waals surface area contributed by atoms with E-state index in [-0.39, 0.29) is 18.2 Å². The number of carbonyl (C=O) groups is 1. The summed E-state index contributed by atoms with van der Waals surface area (Å²) in [4.78, 5) is 12.8. The fraction of sp³-hybridized carbons (Fsp3) is 0.500. The van der Waals surface area contributed by atoms with E-state index in [0.29, 0.717) is 22.6 Å². The number of alkyl halides is 1. The molecule has 3 rings (SSSR count). The molecule has 0 spiro atoms. The van der Waals surface area contributed by atoms with Gasteiger partial charge < -0.3 is 14.2 Å². The molecule has 1 saturated heterocycles. The highest BCUT2D eigenvalue weighted by atomic mass is 79.9. The van der Waals surface area contributed by atoms with Crippen molar-refractivity contribution in [3.8, 4) is 5.75 Å². The largest absolute Gasteiger partial charge is 0.452 e. The minimum atomic E-state index is -0.932. The first-order chi connectivity index (χ1) is 10.9. The van der Waals surface area contributed by atoms with Gasteiger partial charge in [-0.15, -0.1) is 6.58 Å². The normalized spacial score (nSPS) is 29.2. The van der Waals surface area contributed by atoms with Crippen LogP contribution in [0, 0.1) is 0 Å². The van der Waals surface area contributed by atoms with E-state index in [0.717, 1.165) is 18.4 Å². The van der Waals surface area contributed by atoms with Gasteiger partial charge in [-0.3, -0.25) is 0 Å². The van der Waals surface area contributed by atoms with Crippen molar-refractivity contribution in [1.29, 1.82) is 0 Å². The van der Waals surface area contributed by atoms with Crippen LogP contribution in [-0.4, -0.2) is 28.8 Å². The number of hydrogen-bond donors (Lipinski definition) is 0. The van der Waals surface area contributed by atoms with Gasteiger partial charge >= 0.3 is 5.97 Å². The van der Waals surface area contributed by atoms with Crippen molar-refractivity contribution in [3.63, 3.8) is 0 Å². The average Bonchev–Trinajstić information content (AvgIpc) is 2.44. The highest BCUT2D eigenvalue weighted by molar-refractivity contribution is 9.09. The minimum absolute atomic E-state index is 0.0327. The lowest BCUT2D eigenvalue weighted by atomic mass is 9.95. The fourth-order valence-electron chi connectivity index (χ4n) is 3.14. The molecule has 0 amide bonds. The molecule has 0 radical (unpaired) electrons. The predicted octanol–water partition coefficient (Wildman–Crippen LogP) is 4.01. The Morgan fingerprint density at radius 3 is 2.87 bits per heavy atom. The predicted molar refractivity (Wildman–Crippen MR) is 91.1 cm³/mol. The number of rotatable bonds is 3. The molecular weight excluding hydrogens is 360 g/mol. The lowest BCUT2D eigenvalue weighted by molar-refractivity contribution is -0.127. The smallest absolute Gasteiger partial charge is 0.345 e. The van der Waals surface area contributed by atoms with Gasteiger partial charge in [0.1, 0.15) is 11.3 Å². The van der Waals surface area contributed by atoms with Gasteiger partial charge in [0.2, 0.25) is 5.79 Å². The second-order valence-electron chi connectivity index (χ2n) is 6.49. The zero-order valence-corrected chi connectivity index (χ0v) is 15.0. The van der Waals surface area contributed by atoms with E-state index in [9.17, 15) is 4.79 Å². The fourth-order valence-corrected chi connectivity index (χ4v) is 3.93. The van der Waals surface area contributed by atoms with Crippen LogP contribution in [0.1, 0.15) is 42.6 Å². The van der Waals surface area contributed by atoms with Gasteiger partial charge in [0, 0.05) is 18.7 Å². The number of benzene rings is 1. The topological polar surface area (TPSA) is 44.8 Å². The van der Waals surface area contributed by atoms with Crippen LogP contribution < -0.4 is 4.74 Å². The summed E-state index contributed by atoms with van der Waals surface area (Å²) in [6, 6.07) is 5.65. The molecule has 5 heteroatoms. The Morgan fingerprint density at radius 1 is 1.35 bits per heavy atom. The molecule has 2 heterocycles. The van der Waals surface area contributed by atoms with Crippen molar-refractivity contribution < 1.29 is 19.0 Å². The van der Waals surface area contributed by atoms with E-state index in [4.69, 9.17) is 14.2 Å². The van der Waals surface area contributed by atoms with Crippen molar-refractivity contribution in [2.45, 2.75) is 55.9 Å². The second kappa shape index (κ2) is 6.29. The van der Waals surface area contributed by atoms with E-state index in [1.807, 2.05) is 24.3 Å². The molecule has 124 valence electrons. The van der Waals surface area contributed by atoms with E-state index < -0.39 is 5.79 Å². The molecule has 1 aromatic rings. The summed E-state index contributed by atoms with van der Waals surface area (Å²) in [5.74, 6) is -0.688. The molecule has 1 aromatic carbocycles. The number of halogens is 1. The van der Waals surface area contributed by atoms with E-state index in [1.54, 1.807) is 13.8 Å². The summed E-state index contributed by atoms with van der Waals surface area (Å²) in [7, 11) is 0. The summed E-state index contributed by atoms with van der Waals surface area (Å²) in [6.45, 7) is 7.28. The summed E-state index contributed by atoms with van der Waals surface area (Å²) >= 11 is 3.68. The maximum atomic E-state index is 12.4. The van der Waals surface area contributed by atoms with Crippen LogP contribution >= 0.6 is 15.9 Å². The summed E-state index contributed by atoms with van der Waals surface area (Å²) in [5, 5.41) is 0. The molecule has 0 bridgehead atoms. The third kappa shape index (κ3) is 3.61. The van der Waals surface area contributed by atoms with Crippen molar-refractivity contribution in [3.05, 3.63) is 42.0 Å². The second-order valence-corrected chi connectivity index (χ2v) is 7.78. The molecule has 4 nitrogen and oxygen atoms in total. The molecule has 0 saturated carbocycles. The van der Waals surface area contributed by atoms with Crippen LogP contribution in [0.2, 0.25) is 0 Å². The number of hydrogen-bond acceptors (Lipinski definition) is 4. The van der Waals surface area contributed by atoms with Crippen LogP contribution in [0.3, 0.4) is 0 Å². The first kappa shape index (κ1) is 16.5. The maximum absolute atomic E-state index is 12.4. The van der Waals surface area contributed by atoms with Crippen LogP contribution in [-0.2, 0) is 15.9 Å². The van der Waals surface area contributed by atoms with Crippen LogP contribution in [0.15, 0.2) is 30.9 Å². The van der Waals surface area contributed by atoms with Gasteiger partial charge in [-0.1, -0.05) is 34.1 Å². The standard InChI is InChI=1S/C18H21BrO4/c1-4-13-9-12(19)10-14(21-13)8-11-6-5-7-15-16(11)17(20)23-18(2,3)22-15/h4-7,12-14H,1,8-10H2,2-3H3/t12?,13?,14-/m0/s1. The Hall–Kier alpha value is -1.33. The highest BCUT2D eigenvalue weighted by Gasteiger charge is 2.36. The van der Waals surface area contributed by atoms with Crippen LogP contribution in [0.5, 0.6) is 5.75 Å². The molecule has 2 unspecified atom stereocenters. The lowest BCUT2D eigenvalue weighted by Crippen LogP contribution is -2.40. The number of fused-ring (bicyclic) bond motifs is 1. The van der Waals surface area contributed by atoms with Gasteiger partial charge in [-0.2, -0.15) is 0 Å². The number of carbonyl (C=O) groups excluding carboxylic acids is 1. The van der Waals surface area contributed by atoms with Gasteiger partial charge in [0.25, 0.3) is 0 Å². The Bertz CT molecular complexity index is 625. The van der Waals surface area contributed by atoms with Crippen LogP contribution in [0.25, 0.3) is 0 Å². The van der Waals surface area contributed by atoms with Crippen molar-refractivity contribution in [2.75, 3.05) is 0 Å².